The molecular formula is C12H15BrN2O. The summed E-state index contributed by atoms with van der Waals surface area (Å²) < 4.78 is 1.10. The van der Waals surface area contributed by atoms with Crippen LogP contribution in [0.5, 0.6) is 0 Å². The van der Waals surface area contributed by atoms with Gasteiger partial charge in [-0.05, 0) is 18.2 Å². The molecule has 0 radical (unpaired) electrons. The standard InChI is InChI=1S/C12H15BrN2O/c1-10(16)14-5-7-15(8-6-14)12-4-2-3-11(13)9-12/h2-4,9H,5-8H2,1H3. The van der Waals surface area contributed by atoms with Gasteiger partial charge in [-0.3, -0.25) is 4.79 Å². The Hall–Kier alpha value is -1.03. The highest BCUT2D eigenvalue weighted by Gasteiger charge is 2.18. The van der Waals surface area contributed by atoms with Gasteiger partial charge in [-0.15, -0.1) is 0 Å². The summed E-state index contributed by atoms with van der Waals surface area (Å²) in [5.74, 6) is 0.175. The lowest BCUT2D eigenvalue weighted by atomic mass is 10.2. The first-order valence-corrected chi connectivity index (χ1v) is 6.22. The van der Waals surface area contributed by atoms with Crippen LogP contribution in [0.4, 0.5) is 5.69 Å². The molecule has 0 N–H and O–H groups in total. The van der Waals surface area contributed by atoms with Crippen molar-refractivity contribution in [1.82, 2.24) is 4.90 Å². The van der Waals surface area contributed by atoms with Gasteiger partial charge in [0.15, 0.2) is 0 Å². The lowest BCUT2D eigenvalue weighted by Crippen LogP contribution is -2.48. The number of rotatable bonds is 1. The molecule has 0 spiro atoms. The van der Waals surface area contributed by atoms with Crippen LogP contribution in [0.1, 0.15) is 6.92 Å². The number of carbonyl (C=O) groups excluding carboxylic acids is 1. The van der Waals surface area contributed by atoms with Crippen molar-refractivity contribution in [3.63, 3.8) is 0 Å². The molecule has 0 saturated carbocycles. The number of benzene rings is 1. The number of piperazine rings is 1. The van der Waals surface area contributed by atoms with Gasteiger partial charge in [0.2, 0.25) is 5.91 Å². The van der Waals surface area contributed by atoms with Gasteiger partial charge in [0, 0.05) is 43.3 Å². The molecule has 3 nitrogen and oxygen atoms in total. The summed E-state index contributed by atoms with van der Waals surface area (Å²) >= 11 is 3.47. The summed E-state index contributed by atoms with van der Waals surface area (Å²) in [5.41, 5.74) is 1.22. The Morgan fingerprint density at radius 2 is 1.94 bits per heavy atom. The molecule has 86 valence electrons. The highest BCUT2D eigenvalue weighted by Crippen LogP contribution is 2.21. The monoisotopic (exact) mass is 282 g/mol. The van der Waals surface area contributed by atoms with Crippen molar-refractivity contribution >= 4 is 27.5 Å². The summed E-state index contributed by atoms with van der Waals surface area (Å²) in [7, 11) is 0. The number of carbonyl (C=O) groups is 1. The van der Waals surface area contributed by atoms with Gasteiger partial charge in [-0.25, -0.2) is 0 Å². The molecule has 2 rings (SSSR count). The highest BCUT2D eigenvalue weighted by molar-refractivity contribution is 9.10. The lowest BCUT2D eigenvalue weighted by Gasteiger charge is -2.35. The van der Waals surface area contributed by atoms with Crippen molar-refractivity contribution in [2.75, 3.05) is 31.1 Å². The van der Waals surface area contributed by atoms with Gasteiger partial charge in [0.1, 0.15) is 0 Å². The first kappa shape index (κ1) is 11.5. The van der Waals surface area contributed by atoms with Gasteiger partial charge in [0.05, 0.1) is 0 Å². The van der Waals surface area contributed by atoms with Crippen LogP contribution < -0.4 is 4.90 Å². The van der Waals surface area contributed by atoms with Gasteiger partial charge in [-0.2, -0.15) is 0 Å². The van der Waals surface area contributed by atoms with Crippen LogP contribution in [-0.2, 0) is 4.79 Å². The summed E-state index contributed by atoms with van der Waals surface area (Å²) in [4.78, 5) is 15.4. The van der Waals surface area contributed by atoms with E-state index in [1.807, 2.05) is 17.0 Å². The quantitative estimate of drug-likeness (QED) is 0.788. The van der Waals surface area contributed by atoms with E-state index >= 15 is 0 Å². The van der Waals surface area contributed by atoms with Crippen LogP contribution in [-0.4, -0.2) is 37.0 Å². The summed E-state index contributed by atoms with van der Waals surface area (Å²) in [5, 5.41) is 0. The second-order valence-electron chi connectivity index (χ2n) is 3.97. The summed E-state index contributed by atoms with van der Waals surface area (Å²) in [6, 6.07) is 8.28. The Morgan fingerprint density at radius 3 is 2.50 bits per heavy atom. The second kappa shape index (κ2) is 4.87. The fraction of sp³-hybridized carbons (Fsp3) is 0.417. The second-order valence-corrected chi connectivity index (χ2v) is 4.89. The Balaban J connectivity index is 2.01. The molecule has 1 aromatic carbocycles. The lowest BCUT2D eigenvalue weighted by molar-refractivity contribution is -0.129. The molecule has 1 amide bonds. The van der Waals surface area contributed by atoms with Crippen LogP contribution in [0.3, 0.4) is 0 Å². The first-order valence-electron chi connectivity index (χ1n) is 5.43. The molecule has 1 fully saturated rings. The molecule has 4 heteroatoms. The molecule has 0 atom stereocenters. The molecule has 16 heavy (non-hydrogen) atoms. The molecule has 0 aromatic heterocycles. The van der Waals surface area contributed by atoms with Crippen molar-refractivity contribution in [3.05, 3.63) is 28.7 Å². The normalized spacial score (nSPS) is 16.4. The smallest absolute Gasteiger partial charge is 0.219 e. The Labute approximate surface area is 104 Å². The molecular weight excluding hydrogens is 268 g/mol. The number of nitrogens with zero attached hydrogens (tertiary/aromatic N) is 2. The average Bonchev–Trinajstić information content (AvgIpc) is 2.29. The summed E-state index contributed by atoms with van der Waals surface area (Å²) in [6.45, 7) is 5.10. The van der Waals surface area contributed by atoms with E-state index < -0.39 is 0 Å². The zero-order valence-corrected chi connectivity index (χ0v) is 10.9. The maximum Gasteiger partial charge on any atom is 0.219 e. The van der Waals surface area contributed by atoms with Crippen molar-refractivity contribution in [2.24, 2.45) is 0 Å². The van der Waals surface area contributed by atoms with E-state index in [2.05, 4.69) is 33.0 Å². The third-order valence-corrected chi connectivity index (χ3v) is 3.39. The van der Waals surface area contributed by atoms with Gasteiger partial charge >= 0.3 is 0 Å². The van der Waals surface area contributed by atoms with Crippen molar-refractivity contribution < 1.29 is 4.79 Å². The molecule has 1 aromatic rings. The van der Waals surface area contributed by atoms with E-state index in [-0.39, 0.29) is 5.91 Å². The van der Waals surface area contributed by atoms with E-state index in [4.69, 9.17) is 0 Å². The van der Waals surface area contributed by atoms with Gasteiger partial charge < -0.3 is 9.80 Å². The van der Waals surface area contributed by atoms with Gasteiger partial charge in [0.25, 0.3) is 0 Å². The van der Waals surface area contributed by atoms with E-state index in [9.17, 15) is 4.79 Å². The topological polar surface area (TPSA) is 23.6 Å². The fourth-order valence-electron chi connectivity index (χ4n) is 1.95. The third kappa shape index (κ3) is 2.55. The van der Waals surface area contributed by atoms with E-state index in [1.54, 1.807) is 6.92 Å². The summed E-state index contributed by atoms with van der Waals surface area (Å²) in [6.07, 6.45) is 0. The molecule has 0 bridgehead atoms. The molecule has 1 aliphatic heterocycles. The number of amides is 1. The molecule has 0 aliphatic carbocycles. The van der Waals surface area contributed by atoms with E-state index in [0.717, 1.165) is 30.7 Å². The minimum absolute atomic E-state index is 0.175. The highest BCUT2D eigenvalue weighted by atomic mass is 79.9. The minimum Gasteiger partial charge on any atom is -0.368 e. The van der Waals surface area contributed by atoms with E-state index in [0.29, 0.717) is 0 Å². The van der Waals surface area contributed by atoms with E-state index in [1.165, 1.54) is 5.69 Å². The van der Waals surface area contributed by atoms with Crippen LogP contribution >= 0.6 is 15.9 Å². The Morgan fingerprint density at radius 1 is 1.25 bits per heavy atom. The molecule has 0 unspecified atom stereocenters. The average molecular weight is 283 g/mol. The molecule has 1 heterocycles. The predicted octanol–water partition coefficient (Wildman–Crippen LogP) is 2.12. The Bertz CT molecular complexity index is 386. The number of hydrogen-bond donors (Lipinski definition) is 0. The third-order valence-electron chi connectivity index (χ3n) is 2.90. The largest absolute Gasteiger partial charge is 0.368 e. The van der Waals surface area contributed by atoms with Crippen LogP contribution in [0.15, 0.2) is 28.7 Å². The predicted molar refractivity (Wildman–Crippen MR) is 68.6 cm³/mol. The number of anilines is 1. The maximum atomic E-state index is 11.2. The van der Waals surface area contributed by atoms with Crippen LogP contribution in [0, 0.1) is 0 Å². The minimum atomic E-state index is 0.175. The number of hydrogen-bond acceptors (Lipinski definition) is 2. The maximum absolute atomic E-state index is 11.2. The Kier molecular flexibility index (Phi) is 3.49. The number of halogens is 1. The molecule has 1 saturated heterocycles. The van der Waals surface area contributed by atoms with Crippen molar-refractivity contribution in [2.45, 2.75) is 6.92 Å². The first-order chi connectivity index (χ1) is 7.66. The SMILES string of the molecule is CC(=O)N1CCN(c2cccc(Br)c2)CC1. The zero-order chi connectivity index (χ0) is 11.5. The van der Waals surface area contributed by atoms with Crippen LogP contribution in [0.2, 0.25) is 0 Å². The van der Waals surface area contributed by atoms with Gasteiger partial charge in [-0.1, -0.05) is 22.0 Å². The van der Waals surface area contributed by atoms with Crippen LogP contribution in [0.25, 0.3) is 0 Å². The molecule has 1 aliphatic rings. The van der Waals surface area contributed by atoms with Crippen molar-refractivity contribution in [3.8, 4) is 0 Å². The fourth-order valence-corrected chi connectivity index (χ4v) is 2.34. The zero-order valence-electron chi connectivity index (χ0n) is 9.32. The van der Waals surface area contributed by atoms with Crippen molar-refractivity contribution in [1.29, 1.82) is 0 Å².